The van der Waals surface area contributed by atoms with Gasteiger partial charge in [0.25, 0.3) is 11.8 Å². The van der Waals surface area contributed by atoms with Crippen LogP contribution in [0.25, 0.3) is 0 Å². The first-order valence-corrected chi connectivity index (χ1v) is 11.0. The van der Waals surface area contributed by atoms with Crippen LogP contribution in [0.1, 0.15) is 40.0 Å². The summed E-state index contributed by atoms with van der Waals surface area (Å²) in [6.07, 6.45) is 2.92. The summed E-state index contributed by atoms with van der Waals surface area (Å²) >= 11 is 0. The summed E-state index contributed by atoms with van der Waals surface area (Å²) in [6.45, 7) is 1.38. The minimum atomic E-state index is -0.373. The van der Waals surface area contributed by atoms with Gasteiger partial charge in [0.1, 0.15) is 0 Å². The molecule has 0 aliphatic carbocycles. The van der Waals surface area contributed by atoms with Gasteiger partial charge in [-0.25, -0.2) is 4.79 Å². The van der Waals surface area contributed by atoms with Crippen LogP contribution in [0.2, 0.25) is 0 Å². The Bertz CT molecular complexity index is 1070. The molecular formula is C24H27N5O4. The Morgan fingerprint density at radius 3 is 2.48 bits per heavy atom. The Kier molecular flexibility index (Phi) is 6.69. The van der Waals surface area contributed by atoms with Crippen molar-refractivity contribution in [3.63, 3.8) is 0 Å². The van der Waals surface area contributed by atoms with Crippen molar-refractivity contribution in [2.24, 2.45) is 0 Å². The van der Waals surface area contributed by atoms with Gasteiger partial charge in [-0.3, -0.25) is 24.2 Å². The molecule has 1 unspecified atom stereocenters. The van der Waals surface area contributed by atoms with Crippen molar-refractivity contribution >= 4 is 35.1 Å². The monoisotopic (exact) mass is 449 g/mol. The highest BCUT2D eigenvalue weighted by Crippen LogP contribution is 2.25. The highest BCUT2D eigenvalue weighted by atomic mass is 16.2. The second-order valence-corrected chi connectivity index (χ2v) is 8.30. The molecule has 2 aromatic rings. The summed E-state index contributed by atoms with van der Waals surface area (Å²) in [5.74, 6) is -0.921. The van der Waals surface area contributed by atoms with E-state index in [0.29, 0.717) is 23.4 Å². The number of hydrogen-bond donors (Lipinski definition) is 3. The molecular weight excluding hydrogens is 422 g/mol. The van der Waals surface area contributed by atoms with Crippen molar-refractivity contribution in [3.05, 3.63) is 59.7 Å². The van der Waals surface area contributed by atoms with Crippen molar-refractivity contribution < 1.29 is 19.2 Å². The summed E-state index contributed by atoms with van der Waals surface area (Å²) < 4.78 is 0. The summed E-state index contributed by atoms with van der Waals surface area (Å²) in [5, 5.41) is 8.52. The van der Waals surface area contributed by atoms with Gasteiger partial charge in [-0.2, -0.15) is 0 Å². The number of imide groups is 1. The Balaban J connectivity index is 1.31. The molecule has 4 rings (SSSR count). The molecule has 1 saturated heterocycles. The van der Waals surface area contributed by atoms with Crippen LogP contribution >= 0.6 is 0 Å². The molecule has 0 saturated carbocycles. The smallest absolute Gasteiger partial charge is 0.319 e. The molecule has 2 aromatic carbocycles. The zero-order chi connectivity index (χ0) is 23.4. The second kappa shape index (κ2) is 9.83. The predicted molar refractivity (Wildman–Crippen MR) is 124 cm³/mol. The van der Waals surface area contributed by atoms with Gasteiger partial charge >= 0.3 is 6.03 Å². The second-order valence-electron chi connectivity index (χ2n) is 8.30. The summed E-state index contributed by atoms with van der Waals surface area (Å²) in [5.41, 5.74) is 1.83. The molecule has 2 aliphatic rings. The van der Waals surface area contributed by atoms with Gasteiger partial charge in [-0.05, 0) is 49.7 Å². The third-order valence-electron chi connectivity index (χ3n) is 6.00. The topological polar surface area (TPSA) is 111 Å². The Labute approximate surface area is 192 Å². The van der Waals surface area contributed by atoms with Gasteiger partial charge < -0.3 is 16.0 Å². The number of carbonyl (C=O) groups is 4. The van der Waals surface area contributed by atoms with Gasteiger partial charge in [0.2, 0.25) is 5.91 Å². The zero-order valence-corrected chi connectivity index (χ0v) is 18.5. The van der Waals surface area contributed by atoms with Gasteiger partial charge in [0.15, 0.2) is 0 Å². The lowest BCUT2D eigenvalue weighted by molar-refractivity contribution is -0.118. The molecule has 0 aromatic heterocycles. The van der Waals surface area contributed by atoms with Crippen LogP contribution in [0.15, 0.2) is 48.5 Å². The quantitative estimate of drug-likeness (QED) is 0.587. The fraction of sp³-hybridized carbons (Fsp3) is 0.333. The van der Waals surface area contributed by atoms with E-state index in [1.165, 1.54) is 7.05 Å². The normalized spacial score (nSPS) is 18.1. The number of fused-ring (bicyclic) bond motifs is 1. The van der Waals surface area contributed by atoms with Crippen LogP contribution in [-0.2, 0) is 4.79 Å². The molecule has 33 heavy (non-hydrogen) atoms. The standard InChI is InChI=1S/C24H27N5O4/c1-28-22(31)19-11-10-17(13-20(19)23(28)32)26-21(30)15-29-12-6-5-9-18(29)14-25-24(33)27-16-7-3-2-4-8-16/h2-4,7-8,10-11,13,18H,5-6,9,12,14-15H2,1H3,(H,26,30)(H2,25,27,33). The molecule has 1 fully saturated rings. The predicted octanol–water partition coefficient (Wildman–Crippen LogP) is 2.53. The van der Waals surface area contributed by atoms with Crippen LogP contribution in [0.5, 0.6) is 0 Å². The summed E-state index contributed by atoms with van der Waals surface area (Å²) in [6, 6.07) is 13.7. The van der Waals surface area contributed by atoms with Gasteiger partial charge in [-0.15, -0.1) is 0 Å². The molecule has 9 heteroatoms. The highest BCUT2D eigenvalue weighted by molar-refractivity contribution is 6.21. The van der Waals surface area contributed by atoms with Crippen LogP contribution in [-0.4, -0.2) is 66.3 Å². The number of para-hydroxylation sites is 1. The number of nitrogens with zero attached hydrogens (tertiary/aromatic N) is 2. The van der Waals surface area contributed by atoms with Crippen LogP contribution in [0.4, 0.5) is 16.2 Å². The first kappa shape index (κ1) is 22.5. The van der Waals surface area contributed by atoms with E-state index >= 15 is 0 Å². The average molecular weight is 450 g/mol. The maximum absolute atomic E-state index is 12.7. The number of urea groups is 1. The van der Waals surface area contributed by atoms with Crippen molar-refractivity contribution in [3.8, 4) is 0 Å². The molecule has 0 bridgehead atoms. The van der Waals surface area contributed by atoms with Crippen molar-refractivity contribution in [1.82, 2.24) is 15.1 Å². The SMILES string of the molecule is CN1C(=O)c2ccc(NC(=O)CN3CCCCC3CNC(=O)Nc3ccccc3)cc2C1=O. The molecule has 0 spiro atoms. The van der Waals surface area contributed by atoms with E-state index in [0.717, 1.165) is 36.4 Å². The van der Waals surface area contributed by atoms with Crippen molar-refractivity contribution in [2.45, 2.75) is 25.3 Å². The average Bonchev–Trinajstić information content (AvgIpc) is 3.02. The number of anilines is 2. The van der Waals surface area contributed by atoms with E-state index in [-0.39, 0.29) is 36.3 Å². The van der Waals surface area contributed by atoms with Crippen molar-refractivity contribution in [2.75, 3.05) is 37.3 Å². The molecule has 2 heterocycles. The Morgan fingerprint density at radius 2 is 1.70 bits per heavy atom. The number of likely N-dealkylation sites (tertiary alicyclic amines) is 1. The first-order chi connectivity index (χ1) is 15.9. The Morgan fingerprint density at radius 1 is 0.939 bits per heavy atom. The Hall–Kier alpha value is -3.72. The van der Waals surface area contributed by atoms with Gasteiger partial charge in [0, 0.05) is 31.0 Å². The van der Waals surface area contributed by atoms with E-state index in [1.54, 1.807) is 18.2 Å². The maximum Gasteiger partial charge on any atom is 0.319 e. The number of rotatable bonds is 6. The lowest BCUT2D eigenvalue weighted by atomic mass is 10.0. The molecule has 9 nitrogen and oxygen atoms in total. The van der Waals surface area contributed by atoms with Crippen LogP contribution < -0.4 is 16.0 Å². The van der Waals surface area contributed by atoms with Crippen molar-refractivity contribution in [1.29, 1.82) is 0 Å². The number of carbonyl (C=O) groups excluding carboxylic acids is 4. The minimum absolute atomic E-state index is 0.0545. The fourth-order valence-corrected chi connectivity index (χ4v) is 4.23. The lowest BCUT2D eigenvalue weighted by Gasteiger charge is -2.35. The number of benzene rings is 2. The number of nitrogens with one attached hydrogen (secondary N) is 3. The third-order valence-corrected chi connectivity index (χ3v) is 6.00. The zero-order valence-electron chi connectivity index (χ0n) is 18.5. The number of amides is 5. The third kappa shape index (κ3) is 5.20. The van der Waals surface area contributed by atoms with E-state index < -0.39 is 0 Å². The molecule has 5 amide bonds. The van der Waals surface area contributed by atoms with Gasteiger partial charge in [-0.1, -0.05) is 24.6 Å². The van der Waals surface area contributed by atoms with Gasteiger partial charge in [0.05, 0.1) is 17.7 Å². The molecule has 3 N–H and O–H groups in total. The first-order valence-electron chi connectivity index (χ1n) is 11.0. The number of piperidine rings is 1. The highest BCUT2D eigenvalue weighted by Gasteiger charge is 2.33. The number of hydrogen-bond acceptors (Lipinski definition) is 5. The molecule has 2 aliphatic heterocycles. The van der Waals surface area contributed by atoms with E-state index in [2.05, 4.69) is 20.9 Å². The largest absolute Gasteiger partial charge is 0.336 e. The van der Waals surface area contributed by atoms with Crippen LogP contribution in [0.3, 0.4) is 0 Å². The fourth-order valence-electron chi connectivity index (χ4n) is 4.23. The summed E-state index contributed by atoms with van der Waals surface area (Å²) in [4.78, 5) is 52.3. The van der Waals surface area contributed by atoms with E-state index in [4.69, 9.17) is 0 Å². The molecule has 1 atom stereocenters. The maximum atomic E-state index is 12.7. The lowest BCUT2D eigenvalue weighted by Crippen LogP contribution is -2.49. The summed E-state index contributed by atoms with van der Waals surface area (Å²) in [7, 11) is 1.44. The minimum Gasteiger partial charge on any atom is -0.336 e. The van der Waals surface area contributed by atoms with Crippen LogP contribution in [0, 0.1) is 0 Å². The molecule has 0 radical (unpaired) electrons. The van der Waals surface area contributed by atoms with E-state index in [1.807, 2.05) is 30.3 Å². The van der Waals surface area contributed by atoms with E-state index in [9.17, 15) is 19.2 Å². The molecule has 172 valence electrons.